The number of ether oxygens (including phenoxy) is 2. The fourth-order valence-electron chi connectivity index (χ4n) is 2.15. The molecule has 0 radical (unpaired) electrons. The van der Waals surface area contributed by atoms with Crippen molar-refractivity contribution in [1.29, 1.82) is 0 Å². The van der Waals surface area contributed by atoms with Gasteiger partial charge in [-0.15, -0.1) is 0 Å². The standard InChI is InChI=1S/C16H21FO5/c1-2-21-16(20)13-5-12(11-3-4-11)15(6-14(13)17)22-9-10(7-18)8-19/h5-6,10-11,18-19H,2-4,7-9H2,1H3. The molecule has 0 amide bonds. The molecule has 22 heavy (non-hydrogen) atoms. The van der Waals surface area contributed by atoms with Crippen molar-refractivity contribution in [1.82, 2.24) is 0 Å². The maximum absolute atomic E-state index is 14.1. The zero-order valence-electron chi connectivity index (χ0n) is 12.5. The van der Waals surface area contributed by atoms with Gasteiger partial charge in [0.15, 0.2) is 0 Å². The van der Waals surface area contributed by atoms with Crippen LogP contribution in [0, 0.1) is 11.7 Å². The lowest BCUT2D eigenvalue weighted by atomic mass is 10.0. The minimum Gasteiger partial charge on any atom is -0.493 e. The van der Waals surface area contributed by atoms with Gasteiger partial charge >= 0.3 is 5.97 Å². The lowest BCUT2D eigenvalue weighted by Gasteiger charge is -2.16. The number of aliphatic hydroxyl groups excluding tert-OH is 2. The molecule has 6 heteroatoms. The first kappa shape index (κ1) is 16.7. The Bertz CT molecular complexity index is 524. The Morgan fingerprint density at radius 1 is 1.36 bits per heavy atom. The number of carbonyl (C=O) groups is 1. The second-order valence-electron chi connectivity index (χ2n) is 5.41. The van der Waals surface area contributed by atoms with Gasteiger partial charge in [-0.1, -0.05) is 0 Å². The van der Waals surface area contributed by atoms with Crippen LogP contribution in [0.15, 0.2) is 12.1 Å². The smallest absolute Gasteiger partial charge is 0.341 e. The molecule has 0 unspecified atom stereocenters. The number of aliphatic hydroxyl groups is 2. The van der Waals surface area contributed by atoms with Gasteiger partial charge in [0.1, 0.15) is 11.6 Å². The average Bonchev–Trinajstić information content (AvgIpc) is 3.33. The predicted molar refractivity (Wildman–Crippen MR) is 77.5 cm³/mol. The third kappa shape index (κ3) is 3.96. The van der Waals surface area contributed by atoms with E-state index in [0.717, 1.165) is 18.4 Å². The van der Waals surface area contributed by atoms with Crippen molar-refractivity contribution in [3.8, 4) is 5.75 Å². The van der Waals surface area contributed by atoms with Gasteiger partial charge < -0.3 is 19.7 Å². The van der Waals surface area contributed by atoms with Crippen molar-refractivity contribution in [3.63, 3.8) is 0 Å². The van der Waals surface area contributed by atoms with E-state index >= 15 is 0 Å². The van der Waals surface area contributed by atoms with Gasteiger partial charge in [0.25, 0.3) is 0 Å². The average molecular weight is 312 g/mol. The molecule has 1 fully saturated rings. The molecule has 0 spiro atoms. The van der Waals surface area contributed by atoms with Crippen molar-refractivity contribution >= 4 is 5.97 Å². The maximum atomic E-state index is 14.1. The fourth-order valence-corrected chi connectivity index (χ4v) is 2.15. The van der Waals surface area contributed by atoms with E-state index in [0.29, 0.717) is 5.75 Å². The van der Waals surface area contributed by atoms with Crippen molar-refractivity contribution in [2.45, 2.75) is 25.7 Å². The third-order valence-corrected chi connectivity index (χ3v) is 3.60. The summed E-state index contributed by atoms with van der Waals surface area (Å²) >= 11 is 0. The molecule has 0 saturated heterocycles. The lowest BCUT2D eigenvalue weighted by Crippen LogP contribution is -2.20. The molecule has 2 rings (SSSR count). The number of rotatable bonds is 8. The van der Waals surface area contributed by atoms with E-state index < -0.39 is 17.7 Å². The van der Waals surface area contributed by atoms with Crippen LogP contribution < -0.4 is 4.74 Å². The zero-order valence-corrected chi connectivity index (χ0v) is 12.5. The van der Waals surface area contributed by atoms with Crippen molar-refractivity contribution in [3.05, 3.63) is 29.1 Å². The molecule has 1 aromatic carbocycles. The van der Waals surface area contributed by atoms with Crippen molar-refractivity contribution in [2.75, 3.05) is 26.4 Å². The fraction of sp³-hybridized carbons (Fsp3) is 0.562. The quantitative estimate of drug-likeness (QED) is 0.717. The summed E-state index contributed by atoms with van der Waals surface area (Å²) in [6, 6.07) is 2.68. The van der Waals surface area contributed by atoms with Crippen LogP contribution in [-0.2, 0) is 4.74 Å². The van der Waals surface area contributed by atoms with Crippen LogP contribution in [0.2, 0.25) is 0 Å². The highest BCUT2D eigenvalue weighted by Gasteiger charge is 2.30. The number of carbonyl (C=O) groups excluding carboxylic acids is 1. The molecule has 2 N–H and O–H groups in total. The lowest BCUT2D eigenvalue weighted by molar-refractivity contribution is 0.0521. The van der Waals surface area contributed by atoms with Crippen LogP contribution in [0.25, 0.3) is 0 Å². The summed E-state index contributed by atoms with van der Waals surface area (Å²) in [6.07, 6.45) is 1.93. The molecule has 1 aliphatic rings. The van der Waals surface area contributed by atoms with Gasteiger partial charge in [-0.25, -0.2) is 9.18 Å². The van der Waals surface area contributed by atoms with Crippen molar-refractivity contribution < 1.29 is 28.9 Å². The minimum atomic E-state index is -0.692. The van der Waals surface area contributed by atoms with Gasteiger partial charge in [0.05, 0.1) is 32.0 Å². The highest BCUT2D eigenvalue weighted by Crippen LogP contribution is 2.45. The molecule has 122 valence electrons. The van der Waals surface area contributed by atoms with Gasteiger partial charge in [-0.05, 0) is 37.3 Å². The number of benzene rings is 1. The number of halogens is 1. The Kier molecular flexibility index (Phi) is 5.74. The summed E-state index contributed by atoms with van der Waals surface area (Å²) < 4.78 is 24.5. The molecule has 0 bridgehead atoms. The summed E-state index contributed by atoms with van der Waals surface area (Å²) in [5.74, 6) is -1.18. The molecule has 0 atom stereocenters. The van der Waals surface area contributed by atoms with Crippen LogP contribution in [0.1, 0.15) is 41.6 Å². The van der Waals surface area contributed by atoms with E-state index in [-0.39, 0.29) is 37.9 Å². The summed E-state index contributed by atoms with van der Waals surface area (Å²) in [4.78, 5) is 11.8. The topological polar surface area (TPSA) is 76.0 Å². The van der Waals surface area contributed by atoms with Gasteiger partial charge in [0.2, 0.25) is 0 Å². The summed E-state index contributed by atoms with van der Waals surface area (Å²) in [5, 5.41) is 18.1. The number of esters is 1. The van der Waals surface area contributed by atoms with Gasteiger partial charge in [-0.3, -0.25) is 0 Å². The first-order valence-electron chi connectivity index (χ1n) is 7.45. The Morgan fingerprint density at radius 3 is 2.59 bits per heavy atom. The molecule has 1 saturated carbocycles. The van der Waals surface area contributed by atoms with Gasteiger partial charge in [-0.2, -0.15) is 0 Å². The van der Waals surface area contributed by atoms with E-state index in [2.05, 4.69) is 0 Å². The van der Waals surface area contributed by atoms with Crippen LogP contribution in [0.3, 0.4) is 0 Å². The first-order chi connectivity index (χ1) is 10.6. The van der Waals surface area contributed by atoms with Crippen LogP contribution in [0.4, 0.5) is 4.39 Å². The van der Waals surface area contributed by atoms with E-state index in [1.807, 2.05) is 0 Å². The van der Waals surface area contributed by atoms with Gasteiger partial charge in [0, 0.05) is 12.0 Å². The largest absolute Gasteiger partial charge is 0.493 e. The van der Waals surface area contributed by atoms with E-state index in [4.69, 9.17) is 19.7 Å². The zero-order chi connectivity index (χ0) is 16.1. The molecular formula is C16H21FO5. The second-order valence-corrected chi connectivity index (χ2v) is 5.41. The highest BCUT2D eigenvalue weighted by atomic mass is 19.1. The Morgan fingerprint density at radius 2 is 2.05 bits per heavy atom. The molecular weight excluding hydrogens is 291 g/mol. The predicted octanol–water partition coefficient (Wildman–Crippen LogP) is 1.86. The normalized spacial score (nSPS) is 14.2. The summed E-state index contributed by atoms with van der Waals surface area (Å²) in [7, 11) is 0. The number of hydrogen-bond acceptors (Lipinski definition) is 5. The molecule has 0 aromatic heterocycles. The van der Waals surface area contributed by atoms with Crippen molar-refractivity contribution in [2.24, 2.45) is 5.92 Å². The molecule has 0 aliphatic heterocycles. The SMILES string of the molecule is CCOC(=O)c1cc(C2CC2)c(OCC(CO)CO)cc1F. The summed E-state index contributed by atoms with van der Waals surface area (Å²) in [6.45, 7) is 1.52. The summed E-state index contributed by atoms with van der Waals surface area (Å²) in [5.41, 5.74) is 0.691. The Hall–Kier alpha value is -1.66. The highest BCUT2D eigenvalue weighted by molar-refractivity contribution is 5.90. The minimum absolute atomic E-state index is 0.0861. The maximum Gasteiger partial charge on any atom is 0.341 e. The Labute approximate surface area is 128 Å². The van der Waals surface area contributed by atoms with E-state index in [9.17, 15) is 9.18 Å². The van der Waals surface area contributed by atoms with E-state index in [1.165, 1.54) is 12.1 Å². The third-order valence-electron chi connectivity index (χ3n) is 3.60. The second kappa shape index (κ2) is 7.56. The van der Waals surface area contributed by atoms with Crippen LogP contribution >= 0.6 is 0 Å². The van der Waals surface area contributed by atoms with E-state index in [1.54, 1.807) is 6.92 Å². The van der Waals surface area contributed by atoms with Crippen LogP contribution in [0.5, 0.6) is 5.75 Å². The molecule has 0 heterocycles. The molecule has 1 aromatic rings. The molecule has 1 aliphatic carbocycles. The Balaban J connectivity index is 2.22. The molecule has 5 nitrogen and oxygen atoms in total. The number of hydrogen-bond donors (Lipinski definition) is 2. The monoisotopic (exact) mass is 312 g/mol. The van der Waals surface area contributed by atoms with Crippen LogP contribution in [-0.4, -0.2) is 42.6 Å². The first-order valence-corrected chi connectivity index (χ1v) is 7.45.